The molecule has 0 saturated carbocycles. The van der Waals surface area contributed by atoms with E-state index in [1.54, 1.807) is 0 Å². The number of aromatic nitrogens is 3. The van der Waals surface area contributed by atoms with E-state index in [1.807, 2.05) is 24.3 Å². The largest absolute Gasteiger partial charge is 0.338 e. The first-order valence-corrected chi connectivity index (χ1v) is 6.07. The second-order valence-corrected chi connectivity index (χ2v) is 4.79. The third-order valence-corrected chi connectivity index (χ3v) is 2.86. The minimum absolute atomic E-state index is 0.0532. The molecule has 1 aromatic carbocycles. The van der Waals surface area contributed by atoms with Crippen LogP contribution in [0, 0.1) is 3.57 Å². The quantitative estimate of drug-likeness (QED) is 0.826. The molecule has 0 fully saturated rings. The van der Waals surface area contributed by atoms with Gasteiger partial charge in [-0.1, -0.05) is 11.6 Å². The van der Waals surface area contributed by atoms with E-state index in [0.29, 0.717) is 5.82 Å². The summed E-state index contributed by atoms with van der Waals surface area (Å²) in [7, 11) is 0. The average Bonchev–Trinajstić information content (AvgIpc) is 2.27. The van der Waals surface area contributed by atoms with E-state index in [0.717, 1.165) is 9.26 Å². The van der Waals surface area contributed by atoms with E-state index in [-0.39, 0.29) is 10.4 Å². The molecule has 1 aromatic heterocycles. The summed E-state index contributed by atoms with van der Waals surface area (Å²) < 4.78 is 1.15. The van der Waals surface area contributed by atoms with Crippen LogP contribution >= 0.6 is 45.8 Å². The highest BCUT2D eigenvalue weighted by molar-refractivity contribution is 14.1. The summed E-state index contributed by atoms with van der Waals surface area (Å²) in [5.41, 5.74) is 0.860. The topological polar surface area (TPSA) is 50.7 Å². The standard InChI is InChI=1S/C9H5Cl2IN4/c10-7-8(14-9(11)16-15-7)13-6-3-1-5(12)2-4-6/h1-4H,(H,13,14,16). The maximum Gasteiger partial charge on any atom is 0.245 e. The van der Waals surface area contributed by atoms with Gasteiger partial charge in [0.25, 0.3) is 0 Å². The molecule has 7 heteroatoms. The van der Waals surface area contributed by atoms with Gasteiger partial charge in [-0.25, -0.2) is 0 Å². The van der Waals surface area contributed by atoms with Crippen LogP contribution in [-0.4, -0.2) is 15.2 Å². The van der Waals surface area contributed by atoms with Crippen molar-refractivity contribution >= 4 is 57.3 Å². The molecule has 16 heavy (non-hydrogen) atoms. The Hall–Kier alpha value is -0.660. The predicted octanol–water partition coefficient (Wildman–Crippen LogP) is 3.53. The Balaban J connectivity index is 2.26. The van der Waals surface area contributed by atoms with E-state index in [4.69, 9.17) is 23.2 Å². The van der Waals surface area contributed by atoms with Crippen LogP contribution in [0.25, 0.3) is 0 Å². The number of halogens is 3. The first-order chi connectivity index (χ1) is 7.65. The SMILES string of the molecule is Clc1nnc(Cl)c(Nc2ccc(I)cc2)n1. The second-order valence-electron chi connectivity index (χ2n) is 2.85. The molecule has 0 aliphatic rings. The summed E-state index contributed by atoms with van der Waals surface area (Å²) in [6.07, 6.45) is 0. The number of nitrogens with zero attached hydrogens (tertiary/aromatic N) is 3. The van der Waals surface area contributed by atoms with Gasteiger partial charge >= 0.3 is 0 Å². The van der Waals surface area contributed by atoms with Crippen molar-refractivity contribution in [1.82, 2.24) is 15.2 Å². The van der Waals surface area contributed by atoms with Crippen molar-refractivity contribution in [3.05, 3.63) is 38.3 Å². The molecule has 1 N–H and O–H groups in total. The molecular formula is C9H5Cl2IN4. The van der Waals surface area contributed by atoms with Gasteiger partial charge < -0.3 is 5.32 Å². The van der Waals surface area contributed by atoms with Crippen LogP contribution in [0.2, 0.25) is 10.4 Å². The van der Waals surface area contributed by atoms with Crippen molar-refractivity contribution in [2.75, 3.05) is 5.32 Å². The summed E-state index contributed by atoms with van der Waals surface area (Å²) in [4.78, 5) is 3.94. The van der Waals surface area contributed by atoms with Crippen molar-refractivity contribution < 1.29 is 0 Å². The summed E-state index contributed by atoms with van der Waals surface area (Å²) in [6.45, 7) is 0. The lowest BCUT2D eigenvalue weighted by Crippen LogP contribution is -1.98. The Labute approximate surface area is 116 Å². The van der Waals surface area contributed by atoms with Crippen LogP contribution in [0.4, 0.5) is 11.5 Å². The number of anilines is 2. The van der Waals surface area contributed by atoms with Gasteiger partial charge in [-0.3, -0.25) is 0 Å². The van der Waals surface area contributed by atoms with Crippen LogP contribution in [0.5, 0.6) is 0 Å². The molecule has 0 amide bonds. The van der Waals surface area contributed by atoms with Gasteiger partial charge in [-0.05, 0) is 58.5 Å². The summed E-state index contributed by atoms with van der Waals surface area (Å²) in [5.74, 6) is 0.392. The fourth-order valence-corrected chi connectivity index (χ4v) is 1.65. The van der Waals surface area contributed by atoms with Gasteiger partial charge in [-0.2, -0.15) is 4.98 Å². The maximum atomic E-state index is 5.82. The van der Waals surface area contributed by atoms with Gasteiger partial charge in [0.15, 0.2) is 11.0 Å². The van der Waals surface area contributed by atoms with Crippen LogP contribution in [0.1, 0.15) is 0 Å². The second kappa shape index (κ2) is 5.11. The smallest absolute Gasteiger partial charge is 0.245 e. The van der Waals surface area contributed by atoms with E-state index in [9.17, 15) is 0 Å². The first-order valence-electron chi connectivity index (χ1n) is 4.23. The summed E-state index contributed by atoms with van der Waals surface area (Å²) in [6, 6.07) is 7.75. The highest BCUT2D eigenvalue weighted by atomic mass is 127. The molecule has 0 bridgehead atoms. The van der Waals surface area contributed by atoms with Crippen molar-refractivity contribution in [3.8, 4) is 0 Å². The molecule has 1 heterocycles. The van der Waals surface area contributed by atoms with Gasteiger partial charge in [0.1, 0.15) is 0 Å². The molecule has 0 spiro atoms. The fraction of sp³-hybridized carbons (Fsp3) is 0. The lowest BCUT2D eigenvalue weighted by Gasteiger charge is -2.06. The lowest BCUT2D eigenvalue weighted by atomic mass is 10.3. The van der Waals surface area contributed by atoms with Crippen LogP contribution < -0.4 is 5.32 Å². The Morgan fingerprint density at radius 1 is 1.06 bits per heavy atom. The number of hydrogen-bond acceptors (Lipinski definition) is 4. The third kappa shape index (κ3) is 2.93. The van der Waals surface area contributed by atoms with E-state index >= 15 is 0 Å². The van der Waals surface area contributed by atoms with Crippen LogP contribution in [-0.2, 0) is 0 Å². The molecular weight excluding hydrogens is 362 g/mol. The predicted molar refractivity (Wildman–Crippen MR) is 72.3 cm³/mol. The van der Waals surface area contributed by atoms with Crippen molar-refractivity contribution in [1.29, 1.82) is 0 Å². The lowest BCUT2D eigenvalue weighted by molar-refractivity contribution is 0.975. The number of nitrogens with one attached hydrogen (secondary N) is 1. The van der Waals surface area contributed by atoms with Crippen LogP contribution in [0.3, 0.4) is 0 Å². The Bertz CT molecular complexity index is 503. The minimum Gasteiger partial charge on any atom is -0.338 e. The molecule has 82 valence electrons. The number of hydrogen-bond donors (Lipinski definition) is 1. The number of rotatable bonds is 2. The molecule has 0 radical (unpaired) electrons. The normalized spacial score (nSPS) is 10.2. The Morgan fingerprint density at radius 3 is 2.44 bits per heavy atom. The third-order valence-electron chi connectivity index (χ3n) is 1.73. The molecule has 2 rings (SSSR count). The summed E-state index contributed by atoms with van der Waals surface area (Å²) >= 11 is 13.7. The first kappa shape index (κ1) is 11.8. The zero-order valence-electron chi connectivity index (χ0n) is 7.78. The van der Waals surface area contributed by atoms with E-state index in [1.165, 1.54) is 0 Å². The molecule has 0 aliphatic heterocycles. The van der Waals surface area contributed by atoms with Gasteiger partial charge in [0.2, 0.25) is 5.28 Å². The highest BCUT2D eigenvalue weighted by Gasteiger charge is 2.05. The maximum absolute atomic E-state index is 5.82. The molecule has 0 saturated heterocycles. The van der Waals surface area contributed by atoms with Crippen molar-refractivity contribution in [2.24, 2.45) is 0 Å². The number of benzene rings is 1. The van der Waals surface area contributed by atoms with Crippen molar-refractivity contribution in [2.45, 2.75) is 0 Å². The molecule has 2 aromatic rings. The van der Waals surface area contributed by atoms with Crippen LogP contribution in [0.15, 0.2) is 24.3 Å². The average molecular weight is 367 g/mol. The molecule has 0 unspecified atom stereocenters. The minimum atomic E-state index is 0.0532. The van der Waals surface area contributed by atoms with Crippen molar-refractivity contribution in [3.63, 3.8) is 0 Å². The molecule has 0 aliphatic carbocycles. The fourth-order valence-electron chi connectivity index (χ4n) is 1.04. The zero-order chi connectivity index (χ0) is 11.5. The summed E-state index contributed by atoms with van der Waals surface area (Å²) in [5, 5.41) is 10.4. The highest BCUT2D eigenvalue weighted by Crippen LogP contribution is 2.22. The van der Waals surface area contributed by atoms with Gasteiger partial charge in [0, 0.05) is 9.26 Å². The molecule has 0 atom stereocenters. The zero-order valence-corrected chi connectivity index (χ0v) is 11.5. The Morgan fingerprint density at radius 2 is 1.75 bits per heavy atom. The van der Waals surface area contributed by atoms with E-state index < -0.39 is 0 Å². The van der Waals surface area contributed by atoms with Gasteiger partial charge in [-0.15, -0.1) is 10.2 Å². The van der Waals surface area contributed by atoms with E-state index in [2.05, 4.69) is 43.1 Å². The Kier molecular flexibility index (Phi) is 3.78. The molecule has 4 nitrogen and oxygen atoms in total. The van der Waals surface area contributed by atoms with Gasteiger partial charge in [0.05, 0.1) is 0 Å². The monoisotopic (exact) mass is 366 g/mol.